The van der Waals surface area contributed by atoms with Gasteiger partial charge in [0.1, 0.15) is 17.4 Å². The van der Waals surface area contributed by atoms with Crippen LogP contribution < -0.4 is 15.2 Å². The summed E-state index contributed by atoms with van der Waals surface area (Å²) in [5.74, 6) is -0.175. The van der Waals surface area contributed by atoms with E-state index in [2.05, 4.69) is 16.3 Å². The number of benzene rings is 2. The van der Waals surface area contributed by atoms with Gasteiger partial charge >= 0.3 is 0 Å². The zero-order valence-electron chi connectivity index (χ0n) is 14.4. The summed E-state index contributed by atoms with van der Waals surface area (Å²) in [7, 11) is 0. The summed E-state index contributed by atoms with van der Waals surface area (Å²) in [4.78, 5) is 0. The highest BCUT2D eigenvalue weighted by atomic mass is 19.1. The Bertz CT molecular complexity index is 1080. The third kappa shape index (κ3) is 2.87. The van der Waals surface area contributed by atoms with Crippen molar-refractivity contribution in [1.82, 2.24) is 10.2 Å². The van der Waals surface area contributed by atoms with E-state index in [9.17, 15) is 9.65 Å². The van der Waals surface area contributed by atoms with Gasteiger partial charge in [0.05, 0.1) is 5.92 Å². The van der Waals surface area contributed by atoms with Gasteiger partial charge in [-0.05, 0) is 36.8 Å². The number of rotatable bonds is 3. The number of fused-ring (bicyclic) bond motifs is 1. The van der Waals surface area contributed by atoms with Crippen molar-refractivity contribution < 1.29 is 13.9 Å². The Morgan fingerprint density at radius 1 is 1.26 bits per heavy atom. The van der Waals surface area contributed by atoms with Gasteiger partial charge in [-0.25, -0.2) is 4.39 Å². The minimum atomic E-state index is -0.531. The number of aryl methyl sites for hydroxylation is 1. The summed E-state index contributed by atoms with van der Waals surface area (Å²) in [6.45, 7) is 1.82. The smallest absolute Gasteiger partial charge is 0.244 e. The number of aromatic amines is 1. The molecule has 1 aliphatic heterocycles. The predicted molar refractivity (Wildman–Crippen MR) is 95.5 cm³/mol. The minimum Gasteiger partial charge on any atom is -0.454 e. The largest absolute Gasteiger partial charge is 0.454 e. The van der Waals surface area contributed by atoms with Crippen LogP contribution in [-0.2, 0) is 0 Å². The van der Waals surface area contributed by atoms with Crippen molar-refractivity contribution in [1.29, 1.82) is 5.26 Å². The minimum absolute atomic E-state index is 0.0173. The summed E-state index contributed by atoms with van der Waals surface area (Å²) in [5.41, 5.74) is 8.23. The number of nitrogens with zero attached hydrogens (tertiary/aromatic N) is 2. The molecule has 1 aromatic heterocycles. The number of para-hydroxylation sites is 1. The third-order valence-corrected chi connectivity index (χ3v) is 4.39. The molecule has 0 fully saturated rings. The second-order valence-electron chi connectivity index (χ2n) is 6.10. The lowest BCUT2D eigenvalue weighted by atomic mass is 9.84. The van der Waals surface area contributed by atoms with E-state index in [1.807, 2.05) is 13.0 Å². The van der Waals surface area contributed by atoms with Crippen LogP contribution in [0.4, 0.5) is 4.39 Å². The van der Waals surface area contributed by atoms with Gasteiger partial charge in [0.2, 0.25) is 11.8 Å². The van der Waals surface area contributed by atoms with E-state index in [4.69, 9.17) is 15.2 Å². The summed E-state index contributed by atoms with van der Waals surface area (Å²) in [5, 5.41) is 16.5. The van der Waals surface area contributed by atoms with Gasteiger partial charge in [-0.15, -0.1) is 5.10 Å². The summed E-state index contributed by atoms with van der Waals surface area (Å²) < 4.78 is 25.4. The fourth-order valence-corrected chi connectivity index (χ4v) is 3.13. The van der Waals surface area contributed by atoms with Crippen molar-refractivity contribution in [2.75, 3.05) is 0 Å². The first-order valence-corrected chi connectivity index (χ1v) is 8.23. The van der Waals surface area contributed by atoms with Crippen LogP contribution in [0.2, 0.25) is 0 Å². The van der Waals surface area contributed by atoms with Crippen LogP contribution in [-0.4, -0.2) is 10.2 Å². The zero-order valence-corrected chi connectivity index (χ0v) is 14.4. The molecule has 3 N–H and O–H groups in total. The molecule has 0 radical (unpaired) electrons. The molecular formula is C20H15FN4O2. The molecule has 6 nitrogen and oxygen atoms in total. The number of halogens is 1. The van der Waals surface area contributed by atoms with E-state index in [0.29, 0.717) is 22.8 Å². The summed E-state index contributed by atoms with van der Waals surface area (Å²) in [6, 6.07) is 15.5. The van der Waals surface area contributed by atoms with Crippen LogP contribution in [0.1, 0.15) is 22.7 Å². The number of aromatic nitrogens is 2. The zero-order chi connectivity index (χ0) is 19.0. The molecule has 4 rings (SSSR count). The molecular weight excluding hydrogens is 347 g/mol. The first-order valence-electron chi connectivity index (χ1n) is 8.23. The monoisotopic (exact) mass is 362 g/mol. The maximum atomic E-state index is 14.3. The molecule has 1 atom stereocenters. The maximum absolute atomic E-state index is 14.3. The molecule has 0 saturated heterocycles. The van der Waals surface area contributed by atoms with E-state index in [1.54, 1.807) is 36.4 Å². The highest BCUT2D eigenvalue weighted by Crippen LogP contribution is 2.43. The van der Waals surface area contributed by atoms with Gasteiger partial charge in [-0.1, -0.05) is 24.3 Å². The van der Waals surface area contributed by atoms with Gasteiger partial charge < -0.3 is 15.2 Å². The Balaban J connectivity index is 1.82. The van der Waals surface area contributed by atoms with Gasteiger partial charge in [-0.2, -0.15) is 5.26 Å². The van der Waals surface area contributed by atoms with E-state index in [-0.39, 0.29) is 17.2 Å². The molecule has 0 bridgehead atoms. The van der Waals surface area contributed by atoms with E-state index in [1.165, 1.54) is 6.07 Å². The SMILES string of the molecule is Cc1[nH]nc2c1[C@@H](c1ccc(F)c(Oc3ccccc3)c1)C(C#N)=C(N)O2. The number of hydrogen-bond acceptors (Lipinski definition) is 5. The maximum Gasteiger partial charge on any atom is 0.244 e. The Labute approximate surface area is 154 Å². The lowest BCUT2D eigenvalue weighted by Gasteiger charge is -2.24. The van der Waals surface area contributed by atoms with E-state index >= 15 is 0 Å². The van der Waals surface area contributed by atoms with Crippen LogP contribution in [0.25, 0.3) is 0 Å². The Morgan fingerprint density at radius 2 is 2.04 bits per heavy atom. The number of nitrogens with two attached hydrogens (primary N) is 1. The number of H-pyrrole nitrogens is 1. The number of nitriles is 1. The number of ether oxygens (including phenoxy) is 2. The van der Waals surface area contributed by atoms with Crippen molar-refractivity contribution in [3.63, 3.8) is 0 Å². The number of nitrogens with one attached hydrogen (secondary N) is 1. The molecule has 3 aromatic rings. The molecule has 0 saturated carbocycles. The Morgan fingerprint density at radius 3 is 2.78 bits per heavy atom. The van der Waals surface area contributed by atoms with Crippen LogP contribution in [0.5, 0.6) is 17.4 Å². The van der Waals surface area contributed by atoms with Crippen LogP contribution >= 0.6 is 0 Å². The van der Waals surface area contributed by atoms with Gasteiger partial charge in [0, 0.05) is 11.3 Å². The molecule has 2 heterocycles. The van der Waals surface area contributed by atoms with Gasteiger partial charge in [-0.3, -0.25) is 5.10 Å². The third-order valence-electron chi connectivity index (χ3n) is 4.39. The second-order valence-corrected chi connectivity index (χ2v) is 6.10. The highest BCUT2D eigenvalue weighted by molar-refractivity contribution is 5.56. The summed E-state index contributed by atoms with van der Waals surface area (Å²) in [6.07, 6.45) is 0. The van der Waals surface area contributed by atoms with Gasteiger partial charge in [0.15, 0.2) is 11.6 Å². The first-order chi connectivity index (χ1) is 13.1. The van der Waals surface area contributed by atoms with E-state index < -0.39 is 11.7 Å². The molecule has 0 spiro atoms. The van der Waals surface area contributed by atoms with Crippen molar-refractivity contribution in [2.24, 2.45) is 5.73 Å². The molecule has 1 aliphatic rings. The molecule has 2 aromatic carbocycles. The van der Waals surface area contributed by atoms with Gasteiger partial charge in [0.25, 0.3) is 0 Å². The lowest BCUT2D eigenvalue weighted by molar-refractivity contribution is 0.378. The van der Waals surface area contributed by atoms with E-state index in [0.717, 1.165) is 5.69 Å². The standard InChI is InChI=1S/C20H15FN4O2/c1-11-17-18(14(10-22)19(23)27-20(17)25-24-11)12-7-8-15(21)16(9-12)26-13-5-3-2-4-6-13/h2-9,18H,23H2,1H3,(H,24,25)/t18-/m0/s1. The fraction of sp³-hybridized carbons (Fsp3) is 0.100. The van der Waals surface area contributed by atoms with Crippen LogP contribution in [0, 0.1) is 24.1 Å². The average molecular weight is 362 g/mol. The molecule has 0 amide bonds. The Hall–Kier alpha value is -3.79. The molecule has 0 aliphatic carbocycles. The molecule has 0 unspecified atom stereocenters. The fourth-order valence-electron chi connectivity index (χ4n) is 3.13. The van der Waals surface area contributed by atoms with Crippen molar-refractivity contribution >= 4 is 0 Å². The van der Waals surface area contributed by atoms with Crippen molar-refractivity contribution in [2.45, 2.75) is 12.8 Å². The second kappa shape index (κ2) is 6.50. The summed E-state index contributed by atoms with van der Waals surface area (Å²) >= 11 is 0. The lowest BCUT2D eigenvalue weighted by Crippen LogP contribution is -2.21. The topological polar surface area (TPSA) is 97.0 Å². The van der Waals surface area contributed by atoms with Crippen molar-refractivity contribution in [3.8, 4) is 23.4 Å². The predicted octanol–water partition coefficient (Wildman–Crippen LogP) is 3.87. The van der Waals surface area contributed by atoms with Crippen LogP contribution in [0.3, 0.4) is 0 Å². The number of allylic oxidation sites excluding steroid dienone is 1. The quantitative estimate of drug-likeness (QED) is 0.737. The molecule has 27 heavy (non-hydrogen) atoms. The number of hydrogen-bond donors (Lipinski definition) is 2. The highest BCUT2D eigenvalue weighted by Gasteiger charge is 2.34. The normalized spacial score (nSPS) is 15.7. The molecule has 7 heteroatoms. The average Bonchev–Trinajstić information content (AvgIpc) is 3.03. The van der Waals surface area contributed by atoms with Crippen LogP contribution in [0.15, 0.2) is 60.0 Å². The Kier molecular flexibility index (Phi) is 4.01. The molecule has 134 valence electrons. The van der Waals surface area contributed by atoms with Crippen molar-refractivity contribution in [3.05, 3.63) is 82.6 Å². The first kappa shape index (κ1) is 16.7.